The van der Waals surface area contributed by atoms with Gasteiger partial charge < -0.3 is 9.40 Å². The fourth-order valence-corrected chi connectivity index (χ4v) is 3.54. The molecule has 1 aromatic carbocycles. The highest BCUT2D eigenvalue weighted by Crippen LogP contribution is 2.31. The summed E-state index contributed by atoms with van der Waals surface area (Å²) in [6, 6.07) is 17.0. The number of H-pyrrole nitrogens is 1. The first-order valence-electron chi connectivity index (χ1n) is 9.03. The van der Waals surface area contributed by atoms with Gasteiger partial charge in [0.2, 0.25) is 0 Å². The SMILES string of the molecule is O=c1c(Cc2ccco2)nc2c(-c3cccnc3Cl)[nH]c(-c3ccccc3)cn1-2. The largest absolute Gasteiger partial charge is 0.469 e. The van der Waals surface area contributed by atoms with Crippen LogP contribution in [0.4, 0.5) is 0 Å². The van der Waals surface area contributed by atoms with E-state index >= 15 is 0 Å². The molecule has 2 aliphatic heterocycles. The predicted octanol–water partition coefficient (Wildman–Crippen LogP) is 4.56. The molecule has 2 aliphatic rings. The zero-order valence-electron chi connectivity index (χ0n) is 15.2. The van der Waals surface area contributed by atoms with Crippen molar-refractivity contribution in [1.29, 1.82) is 0 Å². The Hall–Kier alpha value is -3.64. The van der Waals surface area contributed by atoms with Crippen molar-refractivity contribution in [1.82, 2.24) is 19.5 Å². The number of furan rings is 1. The van der Waals surface area contributed by atoms with Crippen LogP contribution in [0.3, 0.4) is 0 Å². The lowest BCUT2D eigenvalue weighted by Crippen LogP contribution is -2.16. The Morgan fingerprint density at radius 2 is 1.93 bits per heavy atom. The van der Waals surface area contributed by atoms with E-state index in [1.54, 1.807) is 35.4 Å². The van der Waals surface area contributed by atoms with Gasteiger partial charge in [0, 0.05) is 18.0 Å². The summed E-state index contributed by atoms with van der Waals surface area (Å²) in [6.07, 6.45) is 5.28. The number of aromatic nitrogens is 4. The second-order valence-electron chi connectivity index (χ2n) is 6.56. The maximum atomic E-state index is 13.1. The van der Waals surface area contributed by atoms with Gasteiger partial charge in [-0.2, -0.15) is 0 Å². The highest BCUT2D eigenvalue weighted by atomic mass is 35.5. The van der Waals surface area contributed by atoms with Crippen LogP contribution in [0.5, 0.6) is 0 Å². The average molecular weight is 403 g/mol. The van der Waals surface area contributed by atoms with Gasteiger partial charge >= 0.3 is 0 Å². The fraction of sp³-hybridized carbons (Fsp3) is 0.0455. The molecule has 0 fully saturated rings. The Balaban J connectivity index is 1.77. The summed E-state index contributed by atoms with van der Waals surface area (Å²) < 4.78 is 6.94. The first kappa shape index (κ1) is 17.5. The Bertz CT molecular complexity index is 1310. The van der Waals surface area contributed by atoms with E-state index in [4.69, 9.17) is 16.0 Å². The van der Waals surface area contributed by atoms with Crippen LogP contribution in [0.2, 0.25) is 5.15 Å². The molecule has 0 spiro atoms. The molecule has 0 amide bonds. The van der Waals surface area contributed by atoms with Crippen molar-refractivity contribution in [3.05, 3.63) is 100 Å². The van der Waals surface area contributed by atoms with Gasteiger partial charge in [0.1, 0.15) is 16.6 Å². The molecule has 29 heavy (non-hydrogen) atoms. The monoisotopic (exact) mass is 402 g/mol. The lowest BCUT2D eigenvalue weighted by atomic mass is 10.1. The molecular weight excluding hydrogens is 388 g/mol. The van der Waals surface area contributed by atoms with Crippen LogP contribution in [0.25, 0.3) is 28.3 Å². The van der Waals surface area contributed by atoms with Crippen LogP contribution in [0.15, 0.2) is 82.5 Å². The number of pyridine rings is 1. The molecule has 0 atom stereocenters. The molecular formula is C22H15ClN4O2. The number of benzene rings is 1. The van der Waals surface area contributed by atoms with E-state index in [-0.39, 0.29) is 5.56 Å². The van der Waals surface area contributed by atoms with Crippen molar-refractivity contribution in [3.8, 4) is 28.3 Å². The molecule has 0 aliphatic carbocycles. The lowest BCUT2D eigenvalue weighted by molar-refractivity contribution is 0.519. The number of fused-ring (bicyclic) bond motifs is 1. The number of hydrogen-bond donors (Lipinski definition) is 1. The molecule has 0 saturated heterocycles. The topological polar surface area (TPSA) is 76.7 Å². The Morgan fingerprint density at radius 1 is 1.07 bits per heavy atom. The minimum atomic E-state index is -0.191. The van der Waals surface area contributed by atoms with E-state index in [9.17, 15) is 4.79 Å². The van der Waals surface area contributed by atoms with E-state index in [0.717, 1.165) is 11.3 Å². The summed E-state index contributed by atoms with van der Waals surface area (Å²) in [5, 5.41) is 0.332. The fourth-order valence-electron chi connectivity index (χ4n) is 3.33. The minimum Gasteiger partial charge on any atom is -0.469 e. The maximum absolute atomic E-state index is 13.1. The second kappa shape index (κ2) is 7.07. The van der Waals surface area contributed by atoms with Gasteiger partial charge in [-0.1, -0.05) is 41.9 Å². The Morgan fingerprint density at radius 3 is 2.69 bits per heavy atom. The smallest absolute Gasteiger partial charge is 0.278 e. The Labute approximate surface area is 170 Å². The molecule has 7 heteroatoms. The lowest BCUT2D eigenvalue weighted by Gasteiger charge is -2.13. The van der Waals surface area contributed by atoms with E-state index < -0.39 is 0 Å². The molecule has 6 nitrogen and oxygen atoms in total. The molecule has 0 saturated carbocycles. The van der Waals surface area contributed by atoms with Crippen molar-refractivity contribution in [2.45, 2.75) is 6.42 Å². The molecule has 3 aromatic rings. The van der Waals surface area contributed by atoms with E-state index in [1.807, 2.05) is 42.5 Å². The van der Waals surface area contributed by atoms with Crippen LogP contribution < -0.4 is 5.56 Å². The summed E-state index contributed by atoms with van der Waals surface area (Å²) in [7, 11) is 0. The van der Waals surface area contributed by atoms with Gasteiger partial charge in [0.15, 0.2) is 5.82 Å². The molecule has 0 radical (unpaired) electrons. The van der Waals surface area contributed by atoms with E-state index in [0.29, 0.717) is 40.1 Å². The quantitative estimate of drug-likeness (QED) is 0.447. The zero-order chi connectivity index (χ0) is 19.8. The zero-order valence-corrected chi connectivity index (χ0v) is 15.9. The molecule has 4 heterocycles. The summed E-state index contributed by atoms with van der Waals surface area (Å²) in [5.41, 5.74) is 3.23. The molecule has 2 aromatic heterocycles. The van der Waals surface area contributed by atoms with Crippen LogP contribution in [0.1, 0.15) is 11.5 Å². The van der Waals surface area contributed by atoms with Crippen molar-refractivity contribution in [3.63, 3.8) is 0 Å². The number of aromatic amines is 1. The van der Waals surface area contributed by atoms with Crippen molar-refractivity contribution in [2.75, 3.05) is 0 Å². The molecule has 0 unspecified atom stereocenters. The van der Waals surface area contributed by atoms with E-state index in [2.05, 4.69) is 15.0 Å². The average Bonchev–Trinajstić information content (AvgIpc) is 3.37. The highest BCUT2D eigenvalue weighted by molar-refractivity contribution is 6.32. The molecule has 142 valence electrons. The number of hydrogen-bond acceptors (Lipinski definition) is 4. The number of rotatable bonds is 4. The highest BCUT2D eigenvalue weighted by Gasteiger charge is 2.22. The van der Waals surface area contributed by atoms with Gasteiger partial charge in [-0.3, -0.25) is 9.36 Å². The molecule has 0 bridgehead atoms. The van der Waals surface area contributed by atoms with Gasteiger partial charge in [-0.25, -0.2) is 9.97 Å². The first-order chi connectivity index (χ1) is 14.2. The predicted molar refractivity (Wildman–Crippen MR) is 111 cm³/mol. The normalized spacial score (nSPS) is 11.2. The van der Waals surface area contributed by atoms with Gasteiger partial charge in [-0.15, -0.1) is 0 Å². The summed E-state index contributed by atoms with van der Waals surface area (Å²) in [5.74, 6) is 1.17. The van der Waals surface area contributed by atoms with Crippen LogP contribution in [-0.4, -0.2) is 19.5 Å². The summed E-state index contributed by atoms with van der Waals surface area (Å²) in [4.78, 5) is 25.3. The number of nitrogens with zero attached hydrogens (tertiary/aromatic N) is 3. The van der Waals surface area contributed by atoms with Crippen LogP contribution in [0, 0.1) is 0 Å². The van der Waals surface area contributed by atoms with Gasteiger partial charge in [0.25, 0.3) is 5.56 Å². The van der Waals surface area contributed by atoms with Gasteiger partial charge in [-0.05, 0) is 29.8 Å². The molecule has 5 rings (SSSR count). The van der Waals surface area contributed by atoms with Gasteiger partial charge in [0.05, 0.1) is 24.1 Å². The van der Waals surface area contributed by atoms with E-state index in [1.165, 1.54) is 0 Å². The van der Waals surface area contributed by atoms with Crippen molar-refractivity contribution >= 4 is 11.6 Å². The second-order valence-corrected chi connectivity index (χ2v) is 6.92. The number of nitrogens with one attached hydrogen (secondary N) is 1. The standard InChI is InChI=1S/C22H15ClN4O2/c23-20-16(9-4-10-24-20)19-21-26-17(12-15-8-5-11-29-15)22(28)27(21)13-18(25-19)14-6-2-1-3-7-14/h1-11,13,25H,12H2. The van der Waals surface area contributed by atoms with Crippen molar-refractivity contribution < 1.29 is 4.42 Å². The third-order valence-corrected chi connectivity index (χ3v) is 5.01. The third-order valence-electron chi connectivity index (χ3n) is 4.71. The summed E-state index contributed by atoms with van der Waals surface area (Å²) in [6.45, 7) is 0. The third kappa shape index (κ3) is 3.13. The Kier molecular flexibility index (Phi) is 4.26. The van der Waals surface area contributed by atoms with Crippen LogP contribution >= 0.6 is 11.6 Å². The maximum Gasteiger partial charge on any atom is 0.278 e. The van der Waals surface area contributed by atoms with Crippen LogP contribution in [-0.2, 0) is 6.42 Å². The van der Waals surface area contributed by atoms with Crippen molar-refractivity contribution in [2.24, 2.45) is 0 Å². The first-order valence-corrected chi connectivity index (χ1v) is 9.41. The number of halogens is 1. The molecule has 1 N–H and O–H groups in total. The number of imidazole rings is 1. The minimum absolute atomic E-state index is 0.191. The summed E-state index contributed by atoms with van der Waals surface area (Å²) >= 11 is 6.36.